The van der Waals surface area contributed by atoms with Gasteiger partial charge in [-0.3, -0.25) is 4.79 Å². The van der Waals surface area contributed by atoms with Crippen LogP contribution < -0.4 is 0 Å². The highest BCUT2D eigenvalue weighted by molar-refractivity contribution is 5.97. The molecule has 3 heteroatoms. The molecule has 1 heterocycles. The van der Waals surface area contributed by atoms with E-state index in [9.17, 15) is 9.90 Å². The molecule has 98 valence electrons. The maximum atomic E-state index is 12.6. The lowest BCUT2D eigenvalue weighted by Crippen LogP contribution is -2.56. The summed E-state index contributed by atoms with van der Waals surface area (Å²) in [5, 5.41) is 9.70. The Morgan fingerprint density at radius 1 is 1.28 bits per heavy atom. The van der Waals surface area contributed by atoms with Gasteiger partial charge in [0, 0.05) is 12.1 Å². The van der Waals surface area contributed by atoms with Crippen LogP contribution in [0.25, 0.3) is 0 Å². The van der Waals surface area contributed by atoms with Crippen LogP contribution in [0.2, 0.25) is 0 Å². The molecule has 1 aliphatic rings. The molecule has 0 saturated heterocycles. The Labute approximate surface area is 108 Å². The Hall–Kier alpha value is -1.35. The summed E-state index contributed by atoms with van der Waals surface area (Å²) < 4.78 is 0. The van der Waals surface area contributed by atoms with Gasteiger partial charge in [0.15, 0.2) is 0 Å². The Balaban J connectivity index is 2.37. The zero-order chi connectivity index (χ0) is 13.2. The van der Waals surface area contributed by atoms with Gasteiger partial charge in [-0.05, 0) is 30.9 Å². The van der Waals surface area contributed by atoms with Crippen LogP contribution in [0.3, 0.4) is 0 Å². The van der Waals surface area contributed by atoms with Crippen molar-refractivity contribution in [3.8, 4) is 0 Å². The van der Waals surface area contributed by atoms with Crippen molar-refractivity contribution in [2.45, 2.75) is 38.6 Å². The summed E-state index contributed by atoms with van der Waals surface area (Å²) in [5.41, 5.74) is 1.52. The summed E-state index contributed by atoms with van der Waals surface area (Å²) in [6.45, 7) is 4.81. The molecule has 1 amide bonds. The first-order valence-corrected chi connectivity index (χ1v) is 6.69. The van der Waals surface area contributed by atoms with E-state index in [1.54, 1.807) is 0 Å². The number of nitrogens with zero attached hydrogens (tertiary/aromatic N) is 1. The minimum Gasteiger partial charge on any atom is -0.394 e. The van der Waals surface area contributed by atoms with E-state index in [0.29, 0.717) is 6.54 Å². The molecule has 0 saturated carbocycles. The first-order chi connectivity index (χ1) is 8.68. The number of hydrogen-bond donors (Lipinski definition) is 1. The average molecular weight is 247 g/mol. The number of carbonyl (C=O) groups excluding carboxylic acids is 1. The summed E-state index contributed by atoms with van der Waals surface area (Å²) in [7, 11) is 0. The minimum absolute atomic E-state index is 0.0356. The van der Waals surface area contributed by atoms with Crippen LogP contribution in [0.5, 0.6) is 0 Å². The van der Waals surface area contributed by atoms with Gasteiger partial charge in [-0.25, -0.2) is 0 Å². The number of aliphatic hydroxyl groups excluding tert-OH is 1. The van der Waals surface area contributed by atoms with Crippen LogP contribution in [-0.4, -0.2) is 34.6 Å². The van der Waals surface area contributed by atoms with Crippen molar-refractivity contribution in [2.24, 2.45) is 0 Å². The number of benzene rings is 1. The molecule has 1 aromatic rings. The number of fused-ring (bicyclic) bond motifs is 1. The molecule has 1 aliphatic heterocycles. The van der Waals surface area contributed by atoms with Crippen molar-refractivity contribution in [1.82, 2.24) is 4.90 Å². The van der Waals surface area contributed by atoms with Gasteiger partial charge in [-0.1, -0.05) is 32.0 Å². The monoisotopic (exact) mass is 247 g/mol. The molecular weight excluding hydrogens is 226 g/mol. The average Bonchev–Trinajstić information content (AvgIpc) is 2.43. The van der Waals surface area contributed by atoms with Crippen molar-refractivity contribution in [2.75, 3.05) is 13.2 Å². The second kappa shape index (κ2) is 5.11. The second-order valence-electron chi connectivity index (χ2n) is 4.95. The predicted molar refractivity (Wildman–Crippen MR) is 71.6 cm³/mol. The fourth-order valence-corrected chi connectivity index (χ4v) is 2.82. The van der Waals surface area contributed by atoms with E-state index in [-0.39, 0.29) is 12.5 Å². The number of aliphatic hydroxyl groups is 1. The van der Waals surface area contributed by atoms with Crippen LogP contribution >= 0.6 is 0 Å². The van der Waals surface area contributed by atoms with Crippen molar-refractivity contribution < 1.29 is 9.90 Å². The highest BCUT2D eigenvalue weighted by Gasteiger charge is 2.38. The molecule has 18 heavy (non-hydrogen) atoms. The van der Waals surface area contributed by atoms with Crippen molar-refractivity contribution >= 4 is 5.91 Å². The van der Waals surface area contributed by atoms with E-state index in [1.807, 2.05) is 43.0 Å². The maximum absolute atomic E-state index is 12.6. The molecule has 3 nitrogen and oxygen atoms in total. The molecule has 0 spiro atoms. The Morgan fingerprint density at radius 3 is 2.56 bits per heavy atom. The molecule has 0 aliphatic carbocycles. The van der Waals surface area contributed by atoms with Gasteiger partial charge in [0.1, 0.15) is 0 Å². The highest BCUT2D eigenvalue weighted by atomic mass is 16.3. The molecular formula is C15H21NO2. The summed E-state index contributed by atoms with van der Waals surface area (Å²) in [5.74, 6) is 0.0644. The van der Waals surface area contributed by atoms with E-state index in [0.717, 1.165) is 30.4 Å². The standard InChI is InChI=1S/C15H21NO2/c1-3-15(4-2,11-17)16-10-9-12-7-5-6-8-13(12)14(16)18/h5-8,17H,3-4,9-11H2,1-2H3. The van der Waals surface area contributed by atoms with Gasteiger partial charge < -0.3 is 10.0 Å². The summed E-state index contributed by atoms with van der Waals surface area (Å²) in [4.78, 5) is 14.4. The fraction of sp³-hybridized carbons (Fsp3) is 0.533. The van der Waals surface area contributed by atoms with E-state index in [2.05, 4.69) is 0 Å². The molecule has 1 N–H and O–H groups in total. The first kappa shape index (κ1) is 13.1. The van der Waals surface area contributed by atoms with Crippen LogP contribution in [0.4, 0.5) is 0 Å². The third kappa shape index (κ3) is 1.93. The summed E-state index contributed by atoms with van der Waals surface area (Å²) in [6, 6.07) is 7.78. The molecule has 0 bridgehead atoms. The lowest BCUT2D eigenvalue weighted by Gasteiger charge is -2.44. The molecule has 0 atom stereocenters. The van der Waals surface area contributed by atoms with E-state index in [1.165, 1.54) is 0 Å². The Bertz CT molecular complexity index is 430. The Morgan fingerprint density at radius 2 is 1.94 bits per heavy atom. The topological polar surface area (TPSA) is 40.5 Å². The first-order valence-electron chi connectivity index (χ1n) is 6.69. The molecule has 0 fully saturated rings. The van der Waals surface area contributed by atoms with E-state index in [4.69, 9.17) is 0 Å². The van der Waals surface area contributed by atoms with Crippen LogP contribution in [0.1, 0.15) is 42.6 Å². The lowest BCUT2D eigenvalue weighted by molar-refractivity contribution is 0.0169. The van der Waals surface area contributed by atoms with Crippen LogP contribution in [0, 0.1) is 0 Å². The largest absolute Gasteiger partial charge is 0.394 e. The lowest BCUT2D eigenvalue weighted by atomic mass is 9.87. The van der Waals surface area contributed by atoms with Crippen molar-refractivity contribution in [1.29, 1.82) is 0 Å². The normalized spacial score (nSPS) is 15.7. The molecule has 0 aromatic heterocycles. The number of carbonyl (C=O) groups is 1. The van der Waals surface area contributed by atoms with Crippen molar-refractivity contribution in [3.05, 3.63) is 35.4 Å². The zero-order valence-electron chi connectivity index (χ0n) is 11.1. The zero-order valence-corrected chi connectivity index (χ0v) is 11.1. The SMILES string of the molecule is CCC(CC)(CO)N1CCc2ccccc2C1=O. The minimum atomic E-state index is -0.398. The molecule has 0 radical (unpaired) electrons. The van der Waals surface area contributed by atoms with Gasteiger partial charge in [0.05, 0.1) is 12.1 Å². The predicted octanol–water partition coefficient (Wildman–Crippen LogP) is 2.24. The second-order valence-corrected chi connectivity index (χ2v) is 4.95. The number of rotatable bonds is 4. The molecule has 0 unspecified atom stereocenters. The van der Waals surface area contributed by atoms with Gasteiger partial charge >= 0.3 is 0 Å². The van der Waals surface area contributed by atoms with Gasteiger partial charge in [-0.15, -0.1) is 0 Å². The summed E-state index contributed by atoms with van der Waals surface area (Å²) in [6.07, 6.45) is 2.45. The van der Waals surface area contributed by atoms with Crippen molar-refractivity contribution in [3.63, 3.8) is 0 Å². The number of hydrogen-bond acceptors (Lipinski definition) is 2. The maximum Gasteiger partial charge on any atom is 0.254 e. The molecule has 1 aromatic carbocycles. The van der Waals surface area contributed by atoms with E-state index < -0.39 is 5.54 Å². The van der Waals surface area contributed by atoms with Crippen LogP contribution in [-0.2, 0) is 6.42 Å². The van der Waals surface area contributed by atoms with Gasteiger partial charge in [0.2, 0.25) is 0 Å². The third-order valence-corrected chi connectivity index (χ3v) is 4.28. The molecule has 2 rings (SSSR count). The fourth-order valence-electron chi connectivity index (χ4n) is 2.82. The highest BCUT2D eigenvalue weighted by Crippen LogP contribution is 2.29. The van der Waals surface area contributed by atoms with Gasteiger partial charge in [-0.2, -0.15) is 0 Å². The third-order valence-electron chi connectivity index (χ3n) is 4.28. The summed E-state index contributed by atoms with van der Waals surface area (Å²) >= 11 is 0. The smallest absolute Gasteiger partial charge is 0.254 e. The Kier molecular flexibility index (Phi) is 3.71. The van der Waals surface area contributed by atoms with E-state index >= 15 is 0 Å². The van der Waals surface area contributed by atoms with Gasteiger partial charge in [0.25, 0.3) is 5.91 Å². The number of amides is 1. The quantitative estimate of drug-likeness (QED) is 0.886. The van der Waals surface area contributed by atoms with Crippen LogP contribution in [0.15, 0.2) is 24.3 Å².